The predicted octanol–water partition coefficient (Wildman–Crippen LogP) is 6.85. The van der Waals surface area contributed by atoms with Crippen LogP contribution in [0.3, 0.4) is 0 Å². The van der Waals surface area contributed by atoms with Gasteiger partial charge in [0.25, 0.3) is 0 Å². The largest absolute Gasteiger partial charge is 0.385 e. The summed E-state index contributed by atoms with van der Waals surface area (Å²) in [6, 6.07) is 13.6. The standard InChI is InChI=1S/C22H26ClFO/c1-25-14-2-3-16-4-6-17(7-5-16)18-8-10-19(11-9-18)20-12-13-21(23)22(24)15-20/h8-13,15-17H,2-7,14H2,1H3. The van der Waals surface area contributed by atoms with Crippen LogP contribution in [0.1, 0.15) is 50.0 Å². The molecule has 0 heterocycles. The third-order valence-corrected chi connectivity index (χ3v) is 5.75. The summed E-state index contributed by atoms with van der Waals surface area (Å²) in [5.41, 5.74) is 3.32. The predicted molar refractivity (Wildman–Crippen MR) is 103 cm³/mol. The van der Waals surface area contributed by atoms with Gasteiger partial charge in [0.1, 0.15) is 5.82 Å². The molecule has 0 unspecified atom stereocenters. The Morgan fingerprint density at radius 2 is 1.68 bits per heavy atom. The molecule has 2 aromatic carbocycles. The zero-order chi connectivity index (χ0) is 17.6. The van der Waals surface area contributed by atoms with Gasteiger partial charge in [0.05, 0.1) is 5.02 Å². The molecule has 1 nitrogen and oxygen atoms in total. The molecule has 0 bridgehead atoms. The van der Waals surface area contributed by atoms with E-state index in [4.69, 9.17) is 16.3 Å². The minimum atomic E-state index is -0.366. The zero-order valence-corrected chi connectivity index (χ0v) is 15.6. The maximum absolute atomic E-state index is 13.6. The van der Waals surface area contributed by atoms with Crippen molar-refractivity contribution >= 4 is 11.6 Å². The van der Waals surface area contributed by atoms with Crippen molar-refractivity contribution in [1.29, 1.82) is 0 Å². The van der Waals surface area contributed by atoms with Crippen molar-refractivity contribution in [3.8, 4) is 11.1 Å². The van der Waals surface area contributed by atoms with Crippen LogP contribution in [0.5, 0.6) is 0 Å². The van der Waals surface area contributed by atoms with Crippen LogP contribution in [0.15, 0.2) is 42.5 Å². The molecule has 0 spiro atoms. The molecule has 0 saturated heterocycles. The van der Waals surface area contributed by atoms with Crippen LogP contribution in [0.2, 0.25) is 5.02 Å². The number of ether oxygens (including phenoxy) is 1. The molecule has 0 N–H and O–H groups in total. The lowest BCUT2D eigenvalue weighted by Crippen LogP contribution is -2.13. The summed E-state index contributed by atoms with van der Waals surface area (Å²) < 4.78 is 18.8. The van der Waals surface area contributed by atoms with Crippen LogP contribution in [-0.4, -0.2) is 13.7 Å². The Hall–Kier alpha value is -1.38. The maximum Gasteiger partial charge on any atom is 0.142 e. The number of benzene rings is 2. The van der Waals surface area contributed by atoms with E-state index in [9.17, 15) is 4.39 Å². The third-order valence-electron chi connectivity index (χ3n) is 5.44. The fraction of sp³-hybridized carbons (Fsp3) is 0.455. The van der Waals surface area contributed by atoms with Crippen LogP contribution in [0.4, 0.5) is 4.39 Å². The molecular formula is C22H26ClFO. The van der Waals surface area contributed by atoms with E-state index in [2.05, 4.69) is 24.3 Å². The lowest BCUT2D eigenvalue weighted by Gasteiger charge is -2.29. The Labute approximate surface area is 155 Å². The number of halogens is 2. The smallest absolute Gasteiger partial charge is 0.142 e. The molecule has 2 aromatic rings. The molecule has 0 radical (unpaired) electrons. The Morgan fingerprint density at radius 1 is 1.00 bits per heavy atom. The van der Waals surface area contributed by atoms with Crippen LogP contribution < -0.4 is 0 Å². The van der Waals surface area contributed by atoms with Gasteiger partial charge in [-0.1, -0.05) is 41.9 Å². The summed E-state index contributed by atoms with van der Waals surface area (Å²) in [7, 11) is 1.78. The van der Waals surface area contributed by atoms with Crippen LogP contribution >= 0.6 is 11.6 Å². The van der Waals surface area contributed by atoms with Gasteiger partial charge in [0.2, 0.25) is 0 Å². The highest BCUT2D eigenvalue weighted by molar-refractivity contribution is 6.30. The molecule has 0 aromatic heterocycles. The Kier molecular flexibility index (Phi) is 6.50. The van der Waals surface area contributed by atoms with E-state index >= 15 is 0 Å². The van der Waals surface area contributed by atoms with E-state index in [0.717, 1.165) is 23.7 Å². The second-order valence-electron chi connectivity index (χ2n) is 7.10. The van der Waals surface area contributed by atoms with Gasteiger partial charge in [-0.3, -0.25) is 0 Å². The number of methoxy groups -OCH3 is 1. The Morgan fingerprint density at radius 3 is 2.32 bits per heavy atom. The molecule has 134 valence electrons. The highest BCUT2D eigenvalue weighted by atomic mass is 35.5. The molecule has 1 aliphatic rings. The molecule has 0 atom stereocenters. The van der Waals surface area contributed by atoms with Crippen molar-refractivity contribution in [1.82, 2.24) is 0 Å². The number of hydrogen-bond acceptors (Lipinski definition) is 1. The van der Waals surface area contributed by atoms with Crippen molar-refractivity contribution in [2.45, 2.75) is 44.4 Å². The van der Waals surface area contributed by atoms with Gasteiger partial charge in [0.15, 0.2) is 0 Å². The van der Waals surface area contributed by atoms with E-state index in [1.807, 2.05) is 6.07 Å². The van der Waals surface area contributed by atoms with Gasteiger partial charge >= 0.3 is 0 Å². The van der Waals surface area contributed by atoms with Crippen molar-refractivity contribution in [3.63, 3.8) is 0 Å². The first kappa shape index (κ1) is 18.4. The van der Waals surface area contributed by atoms with E-state index < -0.39 is 0 Å². The first-order chi connectivity index (χ1) is 12.2. The van der Waals surface area contributed by atoms with Crippen molar-refractivity contribution in [2.75, 3.05) is 13.7 Å². The molecule has 3 heteroatoms. The molecule has 1 aliphatic carbocycles. The third kappa shape index (κ3) is 4.83. The summed E-state index contributed by atoms with van der Waals surface area (Å²) in [6.45, 7) is 0.882. The minimum absolute atomic E-state index is 0.169. The average Bonchev–Trinajstić information content (AvgIpc) is 2.65. The normalized spacial score (nSPS) is 20.6. The molecule has 0 aliphatic heterocycles. The van der Waals surface area contributed by atoms with Gasteiger partial charge in [-0.25, -0.2) is 4.39 Å². The lowest BCUT2D eigenvalue weighted by molar-refractivity contribution is 0.180. The molecule has 1 fully saturated rings. The van der Waals surface area contributed by atoms with Crippen molar-refractivity contribution in [3.05, 3.63) is 58.9 Å². The first-order valence-electron chi connectivity index (χ1n) is 9.21. The van der Waals surface area contributed by atoms with Crippen molar-refractivity contribution < 1.29 is 9.13 Å². The number of rotatable bonds is 6. The van der Waals surface area contributed by atoms with Crippen LogP contribution in [-0.2, 0) is 4.74 Å². The molecular weight excluding hydrogens is 335 g/mol. The van der Waals surface area contributed by atoms with Gasteiger partial charge in [-0.15, -0.1) is 0 Å². The maximum atomic E-state index is 13.6. The fourth-order valence-electron chi connectivity index (χ4n) is 3.92. The zero-order valence-electron chi connectivity index (χ0n) is 14.8. The summed E-state index contributed by atoms with van der Waals surface area (Å²) in [6.07, 6.45) is 7.65. The highest BCUT2D eigenvalue weighted by Crippen LogP contribution is 2.38. The van der Waals surface area contributed by atoms with Crippen LogP contribution in [0.25, 0.3) is 11.1 Å². The topological polar surface area (TPSA) is 9.23 Å². The average molecular weight is 361 g/mol. The lowest BCUT2D eigenvalue weighted by atomic mass is 9.77. The number of hydrogen-bond donors (Lipinski definition) is 0. The van der Waals surface area contributed by atoms with E-state index in [0.29, 0.717) is 5.92 Å². The van der Waals surface area contributed by atoms with Crippen LogP contribution in [0, 0.1) is 11.7 Å². The summed E-state index contributed by atoms with van der Waals surface area (Å²) in [5.74, 6) is 1.16. The van der Waals surface area contributed by atoms with E-state index in [1.165, 1.54) is 50.2 Å². The molecule has 1 saturated carbocycles. The van der Waals surface area contributed by atoms with E-state index in [1.54, 1.807) is 13.2 Å². The fourth-order valence-corrected chi connectivity index (χ4v) is 4.04. The second kappa shape index (κ2) is 8.82. The van der Waals surface area contributed by atoms with E-state index in [-0.39, 0.29) is 10.8 Å². The summed E-state index contributed by atoms with van der Waals surface area (Å²) in [4.78, 5) is 0. The first-order valence-corrected chi connectivity index (χ1v) is 9.59. The van der Waals surface area contributed by atoms with Gasteiger partial charge in [-0.05, 0) is 79.2 Å². The Balaban J connectivity index is 1.59. The Bertz CT molecular complexity index is 675. The molecule has 3 rings (SSSR count). The van der Waals surface area contributed by atoms with Gasteiger partial charge in [0, 0.05) is 13.7 Å². The SMILES string of the molecule is COCCCC1CCC(c2ccc(-c3ccc(Cl)c(F)c3)cc2)CC1. The quantitative estimate of drug-likeness (QED) is 0.512. The highest BCUT2D eigenvalue weighted by Gasteiger charge is 2.22. The molecule has 25 heavy (non-hydrogen) atoms. The second-order valence-corrected chi connectivity index (χ2v) is 7.51. The van der Waals surface area contributed by atoms with Gasteiger partial charge in [-0.2, -0.15) is 0 Å². The molecule has 0 amide bonds. The monoisotopic (exact) mass is 360 g/mol. The minimum Gasteiger partial charge on any atom is -0.385 e. The summed E-state index contributed by atoms with van der Waals surface area (Å²) >= 11 is 5.76. The summed E-state index contributed by atoms with van der Waals surface area (Å²) in [5, 5.41) is 0.169. The van der Waals surface area contributed by atoms with Gasteiger partial charge < -0.3 is 4.74 Å². The van der Waals surface area contributed by atoms with Crippen molar-refractivity contribution in [2.24, 2.45) is 5.92 Å².